The lowest BCUT2D eigenvalue weighted by atomic mass is 9.99. The van der Waals surface area contributed by atoms with Crippen LogP contribution in [-0.2, 0) is 32.2 Å². The number of nitrogens with zero attached hydrogens (tertiary/aromatic N) is 1. The highest BCUT2D eigenvalue weighted by Crippen LogP contribution is 2.38. The van der Waals surface area contributed by atoms with Crippen LogP contribution in [0.3, 0.4) is 0 Å². The summed E-state index contributed by atoms with van der Waals surface area (Å²) < 4.78 is 13.0. The largest absolute Gasteiger partial charge is 0.481 e. The Morgan fingerprint density at radius 3 is 2.30 bits per heavy atom. The summed E-state index contributed by atoms with van der Waals surface area (Å²) in [6.07, 6.45) is 7.49. The molecule has 3 N–H and O–H groups in total. The Bertz CT molecular complexity index is 1100. The first-order chi connectivity index (χ1) is 19.4. The van der Waals surface area contributed by atoms with Crippen molar-refractivity contribution in [3.05, 3.63) is 83.4 Å². The number of amides is 1. The molecular weight excluding hydrogens is 508 g/mol. The first-order valence-corrected chi connectivity index (χ1v) is 14.4. The van der Waals surface area contributed by atoms with Gasteiger partial charge >= 0.3 is 5.97 Å². The summed E-state index contributed by atoms with van der Waals surface area (Å²) in [5, 5.41) is 21.1. The molecule has 3 unspecified atom stereocenters. The third-order valence-electron chi connectivity index (χ3n) is 7.79. The summed E-state index contributed by atoms with van der Waals surface area (Å²) in [7, 11) is 0. The number of aliphatic hydroxyl groups is 1. The molecule has 8 nitrogen and oxygen atoms in total. The lowest BCUT2D eigenvalue weighted by Gasteiger charge is -2.39. The van der Waals surface area contributed by atoms with Crippen molar-refractivity contribution in [2.45, 2.75) is 89.1 Å². The second kappa shape index (κ2) is 15.1. The van der Waals surface area contributed by atoms with E-state index in [1.54, 1.807) is 0 Å². The molecule has 0 spiro atoms. The van der Waals surface area contributed by atoms with E-state index in [1.807, 2.05) is 54.6 Å². The first kappa shape index (κ1) is 29.9. The minimum absolute atomic E-state index is 0.00715. The van der Waals surface area contributed by atoms with Gasteiger partial charge in [0.2, 0.25) is 5.91 Å². The SMILES string of the molecule is C=CCN(CC1CC(c2ccc(CO)cc2)OC(c2ccc(CNC(=O)CCCC(=O)O)cc2)O1)C1CCCC1. The fourth-order valence-corrected chi connectivity index (χ4v) is 5.58. The van der Waals surface area contributed by atoms with Gasteiger partial charge in [0, 0.05) is 50.5 Å². The van der Waals surface area contributed by atoms with Gasteiger partial charge < -0.3 is 25.0 Å². The van der Waals surface area contributed by atoms with E-state index in [0.717, 1.165) is 41.8 Å². The number of carboxylic acids is 1. The van der Waals surface area contributed by atoms with Crippen LogP contribution in [0.2, 0.25) is 0 Å². The number of hydrogen-bond donors (Lipinski definition) is 3. The van der Waals surface area contributed by atoms with Crippen LogP contribution in [0.5, 0.6) is 0 Å². The van der Waals surface area contributed by atoms with E-state index in [0.29, 0.717) is 19.0 Å². The minimum atomic E-state index is -0.894. The normalized spacial score (nSPS) is 21.4. The zero-order valence-electron chi connectivity index (χ0n) is 23.2. The van der Waals surface area contributed by atoms with Gasteiger partial charge in [-0.15, -0.1) is 6.58 Å². The van der Waals surface area contributed by atoms with Crippen LogP contribution < -0.4 is 5.32 Å². The van der Waals surface area contributed by atoms with Crippen LogP contribution in [-0.4, -0.2) is 52.2 Å². The summed E-state index contributed by atoms with van der Waals surface area (Å²) >= 11 is 0. The van der Waals surface area contributed by atoms with Crippen LogP contribution in [0.25, 0.3) is 0 Å². The molecule has 40 heavy (non-hydrogen) atoms. The van der Waals surface area contributed by atoms with E-state index in [9.17, 15) is 14.7 Å². The van der Waals surface area contributed by atoms with Crippen LogP contribution in [0, 0.1) is 0 Å². The molecule has 1 amide bonds. The van der Waals surface area contributed by atoms with Crippen molar-refractivity contribution in [1.82, 2.24) is 10.2 Å². The molecule has 1 aliphatic carbocycles. The van der Waals surface area contributed by atoms with E-state index >= 15 is 0 Å². The number of rotatable bonds is 14. The summed E-state index contributed by atoms with van der Waals surface area (Å²) in [5.74, 6) is -1.05. The number of aliphatic hydroxyl groups excluding tert-OH is 1. The topological polar surface area (TPSA) is 108 Å². The van der Waals surface area contributed by atoms with Crippen molar-refractivity contribution in [1.29, 1.82) is 0 Å². The van der Waals surface area contributed by atoms with Crippen LogP contribution >= 0.6 is 0 Å². The number of hydrogen-bond acceptors (Lipinski definition) is 6. The molecule has 1 aliphatic heterocycles. The highest BCUT2D eigenvalue weighted by atomic mass is 16.7. The van der Waals surface area contributed by atoms with Gasteiger partial charge in [-0.05, 0) is 36.0 Å². The van der Waals surface area contributed by atoms with E-state index in [-0.39, 0.29) is 37.6 Å². The van der Waals surface area contributed by atoms with Gasteiger partial charge in [-0.25, -0.2) is 0 Å². The maximum Gasteiger partial charge on any atom is 0.303 e. The average Bonchev–Trinajstić information content (AvgIpc) is 3.51. The molecule has 8 heteroatoms. The van der Waals surface area contributed by atoms with Crippen molar-refractivity contribution in [3.8, 4) is 0 Å². The summed E-state index contributed by atoms with van der Waals surface area (Å²) in [5.41, 5.74) is 3.78. The predicted molar refractivity (Wildman–Crippen MR) is 152 cm³/mol. The third-order valence-corrected chi connectivity index (χ3v) is 7.79. The lowest BCUT2D eigenvalue weighted by molar-refractivity contribution is -0.253. The maximum absolute atomic E-state index is 12.0. The molecule has 2 fully saturated rings. The molecule has 2 aromatic rings. The molecule has 4 rings (SSSR count). The van der Waals surface area contributed by atoms with E-state index < -0.39 is 12.3 Å². The molecule has 0 aromatic heterocycles. The Kier molecular flexibility index (Phi) is 11.3. The number of nitrogens with one attached hydrogen (secondary N) is 1. The van der Waals surface area contributed by atoms with Crippen molar-refractivity contribution in [2.75, 3.05) is 13.1 Å². The quantitative estimate of drug-likeness (QED) is 0.283. The van der Waals surface area contributed by atoms with E-state index in [2.05, 4.69) is 16.8 Å². The highest BCUT2D eigenvalue weighted by molar-refractivity contribution is 5.76. The highest BCUT2D eigenvalue weighted by Gasteiger charge is 2.34. The molecule has 3 atom stereocenters. The van der Waals surface area contributed by atoms with Crippen LogP contribution in [0.15, 0.2) is 61.2 Å². The molecule has 1 heterocycles. The fraction of sp³-hybridized carbons (Fsp3) is 0.500. The number of benzene rings is 2. The van der Waals surface area contributed by atoms with Gasteiger partial charge in [0.15, 0.2) is 6.29 Å². The zero-order chi connectivity index (χ0) is 28.3. The fourth-order valence-electron chi connectivity index (χ4n) is 5.58. The van der Waals surface area contributed by atoms with Gasteiger partial charge in [0.05, 0.1) is 18.8 Å². The number of carbonyl (C=O) groups is 2. The molecule has 0 radical (unpaired) electrons. The molecule has 2 aliphatic rings. The van der Waals surface area contributed by atoms with Gasteiger partial charge in [-0.3, -0.25) is 14.5 Å². The zero-order valence-corrected chi connectivity index (χ0v) is 23.2. The van der Waals surface area contributed by atoms with Crippen molar-refractivity contribution < 1.29 is 29.3 Å². The smallest absolute Gasteiger partial charge is 0.303 e. The average molecular weight is 551 g/mol. The molecular formula is C32H42N2O6. The van der Waals surface area contributed by atoms with Crippen molar-refractivity contribution >= 4 is 11.9 Å². The standard InChI is InChI=1S/C32H42N2O6/c1-2-18-34(27-6-3-4-7-27)21-28-19-29(25-14-12-24(22-35)13-15-25)40-32(39-28)26-16-10-23(11-17-26)20-33-30(36)8-5-9-31(37)38/h2,10-17,27-29,32,35H,1,3-9,18-22H2,(H,33,36)(H,37,38). The van der Waals surface area contributed by atoms with Crippen molar-refractivity contribution in [3.63, 3.8) is 0 Å². The number of aliphatic carboxylic acids is 1. The number of carboxylic acid groups (broad SMARTS) is 1. The molecule has 2 aromatic carbocycles. The summed E-state index contributed by atoms with van der Waals surface area (Å²) in [4.78, 5) is 25.2. The first-order valence-electron chi connectivity index (χ1n) is 14.4. The van der Waals surface area contributed by atoms with Gasteiger partial charge in [-0.2, -0.15) is 0 Å². The third kappa shape index (κ3) is 8.73. The van der Waals surface area contributed by atoms with Crippen LogP contribution in [0.4, 0.5) is 0 Å². The van der Waals surface area contributed by atoms with E-state index in [4.69, 9.17) is 14.6 Å². The summed E-state index contributed by atoms with van der Waals surface area (Å²) in [6, 6.07) is 16.3. The number of carbonyl (C=O) groups excluding carboxylic acids is 1. The van der Waals surface area contributed by atoms with E-state index in [1.165, 1.54) is 25.7 Å². The second-order valence-electron chi connectivity index (χ2n) is 10.8. The predicted octanol–water partition coefficient (Wildman–Crippen LogP) is 5.03. The molecule has 216 valence electrons. The maximum atomic E-state index is 12.0. The number of ether oxygens (including phenoxy) is 2. The van der Waals surface area contributed by atoms with Gasteiger partial charge in [0.25, 0.3) is 0 Å². The second-order valence-corrected chi connectivity index (χ2v) is 10.8. The monoisotopic (exact) mass is 550 g/mol. The van der Waals surface area contributed by atoms with Crippen LogP contribution in [0.1, 0.15) is 86.0 Å². The van der Waals surface area contributed by atoms with Gasteiger partial charge in [0.1, 0.15) is 0 Å². The molecule has 1 saturated heterocycles. The van der Waals surface area contributed by atoms with Gasteiger partial charge in [-0.1, -0.05) is 67.4 Å². The Morgan fingerprint density at radius 2 is 1.65 bits per heavy atom. The Labute approximate surface area is 237 Å². The Balaban J connectivity index is 1.43. The molecule has 1 saturated carbocycles. The molecule has 0 bridgehead atoms. The summed E-state index contributed by atoms with van der Waals surface area (Å²) in [6.45, 7) is 6.01. The Hall–Kier alpha value is -3.04. The Morgan fingerprint density at radius 1 is 0.975 bits per heavy atom. The minimum Gasteiger partial charge on any atom is -0.481 e. The lowest BCUT2D eigenvalue weighted by Crippen LogP contribution is -2.43. The van der Waals surface area contributed by atoms with Crippen molar-refractivity contribution in [2.24, 2.45) is 0 Å².